The molecule has 25 heavy (non-hydrogen) atoms. The van der Waals surface area contributed by atoms with E-state index in [2.05, 4.69) is 14.7 Å². The zero-order valence-corrected chi connectivity index (χ0v) is 12.2. The number of nitrogens with zero attached hydrogens (tertiary/aromatic N) is 3. The van der Waals surface area contributed by atoms with Crippen LogP contribution >= 0.6 is 0 Å². The van der Waals surface area contributed by atoms with Crippen LogP contribution in [0.1, 0.15) is 11.5 Å². The fraction of sp³-hybridized carbons (Fsp3) is 0.133. The van der Waals surface area contributed by atoms with Crippen LogP contribution in [0, 0.1) is 11.6 Å². The van der Waals surface area contributed by atoms with Gasteiger partial charge in [-0.05, 0) is 12.1 Å². The van der Waals surface area contributed by atoms with Gasteiger partial charge in [-0.15, -0.1) is 0 Å². The maximum absolute atomic E-state index is 13.6. The molecule has 0 amide bonds. The number of pyridine rings is 1. The second-order valence-corrected chi connectivity index (χ2v) is 5.04. The normalized spacial score (nSPS) is 11.7. The molecule has 0 saturated heterocycles. The van der Waals surface area contributed by atoms with Crippen LogP contribution in [0.15, 0.2) is 45.8 Å². The molecule has 0 atom stereocenters. The fourth-order valence-corrected chi connectivity index (χ4v) is 2.07. The average molecular weight is 357 g/mol. The van der Waals surface area contributed by atoms with E-state index in [9.17, 15) is 26.7 Å². The number of halogens is 5. The van der Waals surface area contributed by atoms with E-state index >= 15 is 0 Å². The molecule has 2 aromatic heterocycles. The van der Waals surface area contributed by atoms with Crippen molar-refractivity contribution < 1.29 is 26.5 Å². The van der Waals surface area contributed by atoms with Gasteiger partial charge in [0.2, 0.25) is 5.82 Å². The van der Waals surface area contributed by atoms with E-state index in [0.717, 1.165) is 16.7 Å². The average Bonchev–Trinajstić information content (AvgIpc) is 3.02. The smallest absolute Gasteiger partial charge is 0.329 e. The summed E-state index contributed by atoms with van der Waals surface area (Å²) < 4.78 is 69.0. The molecule has 3 rings (SSSR count). The van der Waals surface area contributed by atoms with Gasteiger partial charge in [0.1, 0.15) is 11.6 Å². The second-order valence-electron chi connectivity index (χ2n) is 5.04. The summed E-state index contributed by atoms with van der Waals surface area (Å²) in [5.74, 6) is -3.49. The number of hydrogen-bond acceptors (Lipinski definition) is 4. The number of rotatable bonds is 3. The zero-order valence-electron chi connectivity index (χ0n) is 12.2. The van der Waals surface area contributed by atoms with Crippen molar-refractivity contribution in [1.82, 2.24) is 14.7 Å². The largest absolute Gasteiger partial charge is 0.471 e. The molecule has 0 N–H and O–H groups in total. The molecular weight excluding hydrogens is 349 g/mol. The summed E-state index contributed by atoms with van der Waals surface area (Å²) in [7, 11) is 0. The Balaban J connectivity index is 1.88. The van der Waals surface area contributed by atoms with Gasteiger partial charge in [-0.1, -0.05) is 11.2 Å². The molecular formula is C15H8F5N3O2. The minimum atomic E-state index is -4.79. The number of aromatic nitrogens is 3. The van der Waals surface area contributed by atoms with Crippen molar-refractivity contribution in [2.24, 2.45) is 0 Å². The second kappa shape index (κ2) is 6.11. The fourth-order valence-electron chi connectivity index (χ4n) is 2.07. The molecule has 1 aromatic carbocycles. The maximum atomic E-state index is 13.6. The van der Waals surface area contributed by atoms with E-state index in [-0.39, 0.29) is 17.7 Å². The van der Waals surface area contributed by atoms with Crippen molar-refractivity contribution in [3.05, 3.63) is 70.0 Å². The van der Waals surface area contributed by atoms with Crippen LogP contribution in [0.4, 0.5) is 22.0 Å². The molecule has 130 valence electrons. The Kier molecular flexibility index (Phi) is 4.11. The van der Waals surface area contributed by atoms with Crippen LogP contribution in [0.2, 0.25) is 0 Å². The Morgan fingerprint density at radius 1 is 1.12 bits per heavy atom. The highest BCUT2D eigenvalue weighted by Crippen LogP contribution is 2.29. The lowest BCUT2D eigenvalue weighted by atomic mass is 10.2. The van der Waals surface area contributed by atoms with E-state index in [1.807, 2.05) is 0 Å². The summed E-state index contributed by atoms with van der Waals surface area (Å²) in [6.07, 6.45) is -3.55. The molecule has 0 radical (unpaired) electrons. The third-order valence-corrected chi connectivity index (χ3v) is 3.28. The number of benzene rings is 1. The first-order valence-electron chi connectivity index (χ1n) is 6.80. The maximum Gasteiger partial charge on any atom is 0.471 e. The number of hydrogen-bond donors (Lipinski definition) is 0. The minimum absolute atomic E-state index is 0.0140. The molecule has 0 aliphatic carbocycles. The molecule has 0 bridgehead atoms. The van der Waals surface area contributed by atoms with Crippen molar-refractivity contribution in [1.29, 1.82) is 0 Å². The standard InChI is InChI=1S/C15H8F5N3O2/c16-10-2-1-9(11(17)6-10)7-23-4-3-8(5-12(23)24)13-21-14(25-22-13)15(18,19)20/h1-6H,7H2. The van der Waals surface area contributed by atoms with Crippen molar-refractivity contribution in [3.63, 3.8) is 0 Å². The Hall–Kier alpha value is -3.04. The summed E-state index contributed by atoms with van der Waals surface area (Å²) in [6, 6.07) is 5.21. The Morgan fingerprint density at radius 2 is 1.88 bits per heavy atom. The first-order valence-corrected chi connectivity index (χ1v) is 6.80. The van der Waals surface area contributed by atoms with Crippen LogP contribution in [0.5, 0.6) is 0 Å². The minimum Gasteiger partial charge on any atom is -0.329 e. The topological polar surface area (TPSA) is 60.9 Å². The Morgan fingerprint density at radius 3 is 2.48 bits per heavy atom. The van der Waals surface area contributed by atoms with E-state index in [0.29, 0.717) is 6.07 Å². The van der Waals surface area contributed by atoms with Gasteiger partial charge in [0.25, 0.3) is 5.56 Å². The molecule has 0 aliphatic heterocycles. The van der Waals surface area contributed by atoms with Crippen molar-refractivity contribution in [3.8, 4) is 11.4 Å². The lowest BCUT2D eigenvalue weighted by Crippen LogP contribution is -2.19. The SMILES string of the molecule is O=c1cc(-c2noc(C(F)(F)F)n2)ccn1Cc1ccc(F)cc1F. The van der Waals surface area contributed by atoms with Gasteiger partial charge in [0, 0.05) is 29.5 Å². The third-order valence-electron chi connectivity index (χ3n) is 3.28. The van der Waals surface area contributed by atoms with Crippen LogP contribution in [-0.2, 0) is 12.7 Å². The quantitative estimate of drug-likeness (QED) is 0.675. The Bertz CT molecular complexity index is 978. The third kappa shape index (κ3) is 3.57. The lowest BCUT2D eigenvalue weighted by molar-refractivity contribution is -0.159. The van der Waals surface area contributed by atoms with Gasteiger partial charge >= 0.3 is 12.1 Å². The Labute approximate surface area is 136 Å². The van der Waals surface area contributed by atoms with Crippen molar-refractivity contribution in [2.45, 2.75) is 12.7 Å². The molecule has 0 saturated carbocycles. The molecule has 0 spiro atoms. The van der Waals surface area contributed by atoms with E-state index in [1.165, 1.54) is 18.3 Å². The molecule has 10 heteroatoms. The highest BCUT2D eigenvalue weighted by Gasteiger charge is 2.38. The molecule has 0 unspecified atom stereocenters. The summed E-state index contributed by atoms with van der Waals surface area (Å²) in [5.41, 5.74) is -0.533. The highest BCUT2D eigenvalue weighted by molar-refractivity contribution is 5.52. The van der Waals surface area contributed by atoms with Gasteiger partial charge in [-0.2, -0.15) is 18.2 Å². The van der Waals surface area contributed by atoms with E-state index in [1.54, 1.807) is 0 Å². The van der Waals surface area contributed by atoms with Gasteiger partial charge in [0.05, 0.1) is 6.54 Å². The van der Waals surface area contributed by atoms with E-state index < -0.39 is 35.1 Å². The predicted molar refractivity (Wildman–Crippen MR) is 74.5 cm³/mol. The van der Waals surface area contributed by atoms with Crippen molar-refractivity contribution in [2.75, 3.05) is 0 Å². The number of alkyl halides is 3. The van der Waals surface area contributed by atoms with E-state index in [4.69, 9.17) is 0 Å². The molecule has 0 aliphatic rings. The van der Waals surface area contributed by atoms with Crippen molar-refractivity contribution >= 4 is 0 Å². The lowest BCUT2D eigenvalue weighted by Gasteiger charge is -2.07. The zero-order chi connectivity index (χ0) is 18.2. The molecule has 3 aromatic rings. The van der Waals surface area contributed by atoms with Gasteiger partial charge < -0.3 is 9.09 Å². The predicted octanol–water partition coefficient (Wildman–Crippen LogP) is 3.24. The summed E-state index contributed by atoms with van der Waals surface area (Å²) in [5, 5.41) is 3.18. The van der Waals surface area contributed by atoms with Crippen LogP contribution < -0.4 is 5.56 Å². The van der Waals surface area contributed by atoms with Gasteiger partial charge in [-0.25, -0.2) is 8.78 Å². The van der Waals surface area contributed by atoms with Gasteiger partial charge in [-0.3, -0.25) is 4.79 Å². The highest BCUT2D eigenvalue weighted by atomic mass is 19.4. The van der Waals surface area contributed by atoms with Crippen LogP contribution in [-0.4, -0.2) is 14.7 Å². The van der Waals surface area contributed by atoms with Crippen LogP contribution in [0.25, 0.3) is 11.4 Å². The van der Waals surface area contributed by atoms with Gasteiger partial charge in [0.15, 0.2) is 0 Å². The monoisotopic (exact) mass is 357 g/mol. The summed E-state index contributed by atoms with van der Waals surface area (Å²) in [6.45, 7) is -0.175. The summed E-state index contributed by atoms with van der Waals surface area (Å²) in [4.78, 5) is 15.2. The first-order chi connectivity index (χ1) is 11.7. The molecule has 2 heterocycles. The van der Waals surface area contributed by atoms with Crippen LogP contribution in [0.3, 0.4) is 0 Å². The first kappa shape index (κ1) is 16.8. The summed E-state index contributed by atoms with van der Waals surface area (Å²) >= 11 is 0. The molecule has 0 fully saturated rings. The molecule has 5 nitrogen and oxygen atoms in total.